The van der Waals surface area contributed by atoms with E-state index < -0.39 is 0 Å². The van der Waals surface area contributed by atoms with Gasteiger partial charge in [-0.3, -0.25) is 0 Å². The highest BCUT2D eigenvalue weighted by Crippen LogP contribution is 1.91. The molecule has 0 saturated carbocycles. The lowest BCUT2D eigenvalue weighted by Gasteiger charge is -2.26. The summed E-state index contributed by atoms with van der Waals surface area (Å²) in [7, 11) is 0. The highest BCUT2D eigenvalue weighted by molar-refractivity contribution is 5.85. The first-order chi connectivity index (χ1) is 4.93. The van der Waals surface area contributed by atoms with Crippen molar-refractivity contribution in [3.63, 3.8) is 0 Å². The lowest BCUT2D eigenvalue weighted by atomic mass is 10.3. The van der Waals surface area contributed by atoms with Crippen LogP contribution in [0.2, 0.25) is 0 Å². The number of piperazine rings is 1. The third-order valence-electron chi connectivity index (χ3n) is 1.77. The molecule has 1 aliphatic heterocycles. The molecule has 0 aromatic heterocycles. The highest BCUT2D eigenvalue weighted by Gasteiger charge is 2.07. The molecule has 3 nitrogen and oxygen atoms in total. The van der Waals surface area contributed by atoms with Gasteiger partial charge in [-0.05, 0) is 0 Å². The van der Waals surface area contributed by atoms with Crippen LogP contribution in [-0.2, 0) is 4.79 Å². The van der Waals surface area contributed by atoms with E-state index in [1.807, 2.05) is 0 Å². The lowest BCUT2D eigenvalue weighted by molar-refractivity contribution is -0.108. The Kier molecular flexibility index (Phi) is 11.3. The van der Waals surface area contributed by atoms with Crippen LogP contribution in [-0.4, -0.2) is 43.9 Å². The Labute approximate surface area is 85.7 Å². The summed E-state index contributed by atoms with van der Waals surface area (Å²) >= 11 is 0. The molecule has 1 N–H and O–H groups in total. The summed E-state index contributed by atoms with van der Waals surface area (Å²) in [4.78, 5) is 12.3. The Morgan fingerprint density at radius 1 is 1.25 bits per heavy atom. The second-order valence-electron chi connectivity index (χ2n) is 2.55. The number of rotatable bonds is 3. The van der Waals surface area contributed by atoms with Gasteiger partial charge in [0.2, 0.25) is 0 Å². The molecule has 0 unspecified atom stereocenters. The van der Waals surface area contributed by atoms with E-state index in [4.69, 9.17) is 0 Å². The van der Waals surface area contributed by atoms with Crippen molar-refractivity contribution >= 4 is 31.1 Å². The molecule has 1 fully saturated rings. The molecule has 12 heavy (non-hydrogen) atoms. The van der Waals surface area contributed by atoms with Gasteiger partial charge < -0.3 is 15.0 Å². The molecular weight excluding hydrogens is 199 g/mol. The van der Waals surface area contributed by atoms with Gasteiger partial charge in [0.05, 0.1) is 0 Å². The third-order valence-corrected chi connectivity index (χ3v) is 1.77. The molecule has 5 heteroatoms. The van der Waals surface area contributed by atoms with Crippen LogP contribution in [0.25, 0.3) is 0 Å². The minimum Gasteiger partial charge on any atom is -0.314 e. The molecule has 0 radical (unpaired) electrons. The maximum absolute atomic E-state index is 10.0. The largest absolute Gasteiger partial charge is 0.314 e. The smallest absolute Gasteiger partial charge is 0.121 e. The zero-order valence-corrected chi connectivity index (χ0v) is 8.62. The van der Waals surface area contributed by atoms with Gasteiger partial charge in [0.15, 0.2) is 0 Å². The summed E-state index contributed by atoms with van der Waals surface area (Å²) in [6, 6.07) is 0. The second-order valence-corrected chi connectivity index (χ2v) is 2.55. The Balaban J connectivity index is 0. The number of aldehydes is 1. The first-order valence-corrected chi connectivity index (χ1v) is 3.80. The Morgan fingerprint density at radius 3 is 2.33 bits per heavy atom. The lowest BCUT2D eigenvalue weighted by Crippen LogP contribution is -2.43. The number of nitrogens with one attached hydrogen (secondary N) is 1. The maximum atomic E-state index is 10.0. The van der Waals surface area contributed by atoms with E-state index in [2.05, 4.69) is 10.2 Å². The van der Waals surface area contributed by atoms with Crippen LogP contribution in [0.5, 0.6) is 0 Å². The van der Waals surface area contributed by atoms with Crippen molar-refractivity contribution in [2.75, 3.05) is 32.7 Å². The van der Waals surface area contributed by atoms with E-state index in [-0.39, 0.29) is 24.8 Å². The van der Waals surface area contributed by atoms with Crippen molar-refractivity contribution in [3.05, 3.63) is 0 Å². The number of carbonyl (C=O) groups is 1. The number of nitrogens with zero attached hydrogens (tertiary/aromatic N) is 1. The van der Waals surface area contributed by atoms with Crippen molar-refractivity contribution < 1.29 is 4.79 Å². The van der Waals surface area contributed by atoms with E-state index in [9.17, 15) is 4.79 Å². The van der Waals surface area contributed by atoms with E-state index in [1.54, 1.807) is 0 Å². The van der Waals surface area contributed by atoms with Gasteiger partial charge in [-0.25, -0.2) is 0 Å². The van der Waals surface area contributed by atoms with E-state index in [0.29, 0.717) is 6.42 Å². The quantitative estimate of drug-likeness (QED) is 0.688. The maximum Gasteiger partial charge on any atom is 0.121 e. The van der Waals surface area contributed by atoms with Gasteiger partial charge in [-0.15, -0.1) is 24.8 Å². The fraction of sp³-hybridized carbons (Fsp3) is 0.857. The molecule has 0 atom stereocenters. The summed E-state index contributed by atoms with van der Waals surface area (Å²) in [6.45, 7) is 5.25. The summed E-state index contributed by atoms with van der Waals surface area (Å²) in [6.07, 6.45) is 1.67. The number of hydrogen-bond acceptors (Lipinski definition) is 3. The second kappa shape index (κ2) is 9.26. The van der Waals surface area contributed by atoms with Gasteiger partial charge in [0.1, 0.15) is 6.29 Å². The number of halogens is 2. The van der Waals surface area contributed by atoms with E-state index in [1.165, 1.54) is 0 Å². The topological polar surface area (TPSA) is 32.3 Å². The fourth-order valence-corrected chi connectivity index (χ4v) is 1.17. The Hall–Kier alpha value is 0.170. The standard InChI is InChI=1S/C7H14N2O.2ClH/c10-7-1-4-9-5-2-8-3-6-9;;/h7-8H,1-6H2;2*1H. The molecular formula is C7H16Cl2N2O. The molecule has 0 aromatic carbocycles. The monoisotopic (exact) mass is 214 g/mol. The summed E-state index contributed by atoms with van der Waals surface area (Å²) in [5.41, 5.74) is 0. The SMILES string of the molecule is Cl.Cl.O=CCCN1CCNCC1. The molecule has 1 rings (SSSR count). The van der Waals surface area contributed by atoms with Crippen molar-refractivity contribution in [2.45, 2.75) is 6.42 Å². The van der Waals surface area contributed by atoms with Gasteiger partial charge in [-0.1, -0.05) is 0 Å². The first-order valence-electron chi connectivity index (χ1n) is 3.80. The number of hydrogen-bond donors (Lipinski definition) is 1. The van der Waals surface area contributed by atoms with Crippen molar-refractivity contribution in [1.29, 1.82) is 0 Å². The fourth-order valence-electron chi connectivity index (χ4n) is 1.17. The van der Waals surface area contributed by atoms with Crippen LogP contribution in [0.1, 0.15) is 6.42 Å². The van der Waals surface area contributed by atoms with Crippen LogP contribution < -0.4 is 5.32 Å². The van der Waals surface area contributed by atoms with Crippen LogP contribution in [0.4, 0.5) is 0 Å². The summed E-state index contributed by atoms with van der Waals surface area (Å²) < 4.78 is 0. The minimum atomic E-state index is 0. The Bertz CT molecular complexity index is 108. The summed E-state index contributed by atoms with van der Waals surface area (Å²) in [5, 5.41) is 3.26. The molecule has 74 valence electrons. The van der Waals surface area contributed by atoms with Gasteiger partial charge in [0, 0.05) is 39.1 Å². The van der Waals surface area contributed by atoms with Gasteiger partial charge in [-0.2, -0.15) is 0 Å². The average molecular weight is 215 g/mol. The molecule has 0 aliphatic carbocycles. The average Bonchev–Trinajstić information content (AvgIpc) is 2.03. The van der Waals surface area contributed by atoms with Crippen molar-refractivity contribution in [2.24, 2.45) is 0 Å². The molecule has 1 heterocycles. The molecule has 0 spiro atoms. The molecule has 1 aliphatic rings. The Morgan fingerprint density at radius 2 is 1.83 bits per heavy atom. The van der Waals surface area contributed by atoms with Crippen LogP contribution >= 0.6 is 24.8 Å². The van der Waals surface area contributed by atoms with Crippen molar-refractivity contribution in [1.82, 2.24) is 10.2 Å². The van der Waals surface area contributed by atoms with Gasteiger partial charge in [0.25, 0.3) is 0 Å². The van der Waals surface area contributed by atoms with Gasteiger partial charge >= 0.3 is 0 Å². The minimum absolute atomic E-state index is 0. The highest BCUT2D eigenvalue weighted by atomic mass is 35.5. The predicted molar refractivity (Wildman–Crippen MR) is 54.5 cm³/mol. The third kappa shape index (κ3) is 5.77. The first kappa shape index (κ1) is 14.7. The van der Waals surface area contributed by atoms with E-state index >= 15 is 0 Å². The zero-order chi connectivity index (χ0) is 7.23. The van der Waals surface area contributed by atoms with Crippen molar-refractivity contribution in [3.8, 4) is 0 Å². The van der Waals surface area contributed by atoms with E-state index in [0.717, 1.165) is 39.0 Å². The normalized spacial score (nSPS) is 17.3. The molecule has 0 aromatic rings. The van der Waals surface area contributed by atoms with Crippen LogP contribution in [0.15, 0.2) is 0 Å². The zero-order valence-electron chi connectivity index (χ0n) is 6.99. The summed E-state index contributed by atoms with van der Waals surface area (Å²) in [5.74, 6) is 0. The molecule has 0 amide bonds. The number of carbonyl (C=O) groups excluding carboxylic acids is 1. The molecule has 1 saturated heterocycles. The molecule has 0 bridgehead atoms. The van der Waals surface area contributed by atoms with Crippen LogP contribution in [0, 0.1) is 0 Å². The van der Waals surface area contributed by atoms with Crippen LogP contribution in [0.3, 0.4) is 0 Å². The predicted octanol–water partition coefficient (Wildman–Crippen LogP) is 0.324.